The fraction of sp³-hybridized carbons (Fsp3) is 0.462. The molecular weight excluding hydrogens is 374 g/mol. The first kappa shape index (κ1) is 18.3. The van der Waals surface area contributed by atoms with Crippen LogP contribution in [0.4, 0.5) is 13.2 Å². The highest BCUT2D eigenvalue weighted by Crippen LogP contribution is 2.35. The number of amides is 1. The van der Waals surface area contributed by atoms with Crippen LogP contribution in [0, 0.1) is 0 Å². The van der Waals surface area contributed by atoms with E-state index in [0.717, 1.165) is 6.07 Å². The van der Waals surface area contributed by atoms with Crippen LogP contribution < -0.4 is 0 Å². The van der Waals surface area contributed by atoms with E-state index in [0.29, 0.717) is 0 Å². The molecule has 0 radical (unpaired) electrons. The Balaban J connectivity index is 2.93. The molecule has 21 heavy (non-hydrogen) atoms. The lowest BCUT2D eigenvalue weighted by molar-refractivity contribution is -0.138. The van der Waals surface area contributed by atoms with Crippen molar-refractivity contribution >= 4 is 33.4 Å². The van der Waals surface area contributed by atoms with Crippen LogP contribution in [0.25, 0.3) is 0 Å². The first-order valence-corrected chi connectivity index (χ1v) is 7.15. The average molecular weight is 389 g/mol. The predicted octanol–water partition coefficient (Wildman–Crippen LogP) is 3.79. The van der Waals surface area contributed by atoms with Crippen molar-refractivity contribution in [3.63, 3.8) is 0 Å². The molecule has 8 heteroatoms. The maximum absolute atomic E-state index is 12.8. The van der Waals surface area contributed by atoms with Gasteiger partial charge in [0.1, 0.15) is 0 Å². The molecule has 0 aromatic heterocycles. The highest BCUT2D eigenvalue weighted by atomic mass is 79.9. The Kier molecular flexibility index (Phi) is 6.49. The number of carbonyl (C=O) groups excluding carboxylic acids is 1. The van der Waals surface area contributed by atoms with Gasteiger partial charge in [0.25, 0.3) is 5.91 Å². The summed E-state index contributed by atoms with van der Waals surface area (Å²) < 4.78 is 43.2. The molecular formula is C13H14BrClF3NO2. The van der Waals surface area contributed by atoms with Gasteiger partial charge in [-0.25, -0.2) is 0 Å². The number of alkyl halides is 4. The van der Waals surface area contributed by atoms with Crippen molar-refractivity contribution in [2.45, 2.75) is 11.6 Å². The molecule has 1 unspecified atom stereocenters. The Bertz CT molecular complexity index is 511. The summed E-state index contributed by atoms with van der Waals surface area (Å²) in [7, 11) is 2.95. The van der Waals surface area contributed by atoms with Gasteiger partial charge in [-0.15, -0.1) is 11.6 Å². The van der Waals surface area contributed by atoms with E-state index < -0.39 is 23.0 Å². The molecule has 1 aromatic rings. The van der Waals surface area contributed by atoms with Gasteiger partial charge in [-0.3, -0.25) is 4.79 Å². The standard InChI is InChI=1S/C13H14BrClF3NO2/c1-19(6-9(15)7-21-2)12(20)8-3-4-11(14)10(5-8)13(16,17)18/h3-5,9H,6-7H2,1-2H3. The van der Waals surface area contributed by atoms with Crippen LogP contribution in [-0.2, 0) is 10.9 Å². The summed E-state index contributed by atoms with van der Waals surface area (Å²) in [6, 6.07) is 3.36. The minimum absolute atomic E-state index is 0.0469. The summed E-state index contributed by atoms with van der Waals surface area (Å²) in [5.41, 5.74) is -0.935. The van der Waals surface area contributed by atoms with Crippen LogP contribution in [0.2, 0.25) is 0 Å². The molecule has 1 amide bonds. The lowest BCUT2D eigenvalue weighted by Gasteiger charge is -2.21. The van der Waals surface area contributed by atoms with Crippen molar-refractivity contribution in [2.24, 2.45) is 0 Å². The van der Waals surface area contributed by atoms with Crippen molar-refractivity contribution in [1.82, 2.24) is 4.90 Å². The van der Waals surface area contributed by atoms with Crippen LogP contribution in [0.5, 0.6) is 0 Å². The second-order valence-electron chi connectivity index (χ2n) is 4.43. The number of ether oxygens (including phenoxy) is 1. The van der Waals surface area contributed by atoms with E-state index in [9.17, 15) is 18.0 Å². The smallest absolute Gasteiger partial charge is 0.383 e. The molecule has 1 atom stereocenters. The third-order valence-corrected chi connectivity index (χ3v) is 3.64. The topological polar surface area (TPSA) is 29.5 Å². The van der Waals surface area contributed by atoms with E-state index in [2.05, 4.69) is 15.9 Å². The minimum Gasteiger partial charge on any atom is -0.383 e. The summed E-state index contributed by atoms with van der Waals surface area (Å²) in [5, 5.41) is -0.429. The number of halogens is 5. The van der Waals surface area contributed by atoms with Crippen LogP contribution in [0.1, 0.15) is 15.9 Å². The number of nitrogens with zero attached hydrogens (tertiary/aromatic N) is 1. The molecule has 0 aliphatic heterocycles. The summed E-state index contributed by atoms with van der Waals surface area (Å²) in [5.74, 6) is -0.533. The zero-order valence-electron chi connectivity index (χ0n) is 11.4. The largest absolute Gasteiger partial charge is 0.417 e. The molecule has 0 saturated heterocycles. The maximum atomic E-state index is 12.8. The van der Waals surface area contributed by atoms with Crippen LogP contribution in [0.3, 0.4) is 0 Å². The fourth-order valence-electron chi connectivity index (χ4n) is 1.71. The van der Waals surface area contributed by atoms with E-state index in [1.807, 2.05) is 0 Å². The molecule has 0 fully saturated rings. The number of hydrogen-bond acceptors (Lipinski definition) is 2. The summed E-state index contributed by atoms with van der Waals surface area (Å²) in [6.45, 7) is 0.416. The van der Waals surface area contributed by atoms with Crippen molar-refractivity contribution in [3.05, 3.63) is 33.8 Å². The minimum atomic E-state index is -4.53. The lowest BCUT2D eigenvalue weighted by atomic mass is 10.1. The zero-order chi connectivity index (χ0) is 16.2. The fourth-order valence-corrected chi connectivity index (χ4v) is 2.51. The van der Waals surface area contributed by atoms with Crippen molar-refractivity contribution < 1.29 is 22.7 Å². The lowest BCUT2D eigenvalue weighted by Crippen LogP contribution is -2.34. The molecule has 3 nitrogen and oxygen atoms in total. The van der Waals surface area contributed by atoms with Gasteiger partial charge in [-0.1, -0.05) is 15.9 Å². The van der Waals surface area contributed by atoms with Crippen molar-refractivity contribution in [2.75, 3.05) is 27.3 Å². The van der Waals surface area contributed by atoms with Crippen molar-refractivity contribution in [1.29, 1.82) is 0 Å². The number of hydrogen-bond donors (Lipinski definition) is 0. The zero-order valence-corrected chi connectivity index (χ0v) is 13.7. The molecule has 1 aromatic carbocycles. The second kappa shape index (κ2) is 7.47. The monoisotopic (exact) mass is 387 g/mol. The van der Waals surface area contributed by atoms with Gasteiger partial charge in [0.2, 0.25) is 0 Å². The molecule has 0 heterocycles. The number of benzene rings is 1. The van der Waals surface area contributed by atoms with Crippen molar-refractivity contribution in [3.8, 4) is 0 Å². The van der Waals surface area contributed by atoms with Gasteiger partial charge < -0.3 is 9.64 Å². The van der Waals surface area contributed by atoms with Crippen LogP contribution in [-0.4, -0.2) is 43.5 Å². The third kappa shape index (κ3) is 5.16. The first-order valence-electron chi connectivity index (χ1n) is 5.92. The Hall–Kier alpha value is -0.790. The predicted molar refractivity (Wildman–Crippen MR) is 77.6 cm³/mol. The van der Waals surface area contributed by atoms with E-state index in [1.165, 1.54) is 31.2 Å². The maximum Gasteiger partial charge on any atom is 0.417 e. The van der Waals surface area contributed by atoms with Crippen LogP contribution >= 0.6 is 27.5 Å². The molecule has 0 aliphatic rings. The average Bonchev–Trinajstić information content (AvgIpc) is 2.37. The Morgan fingerprint density at radius 1 is 1.48 bits per heavy atom. The molecule has 0 saturated carbocycles. The highest BCUT2D eigenvalue weighted by molar-refractivity contribution is 9.10. The molecule has 0 spiro atoms. The first-order chi connectivity index (χ1) is 9.66. The molecule has 0 bridgehead atoms. The molecule has 0 aliphatic carbocycles. The van der Waals surface area contributed by atoms with E-state index in [-0.39, 0.29) is 23.2 Å². The molecule has 118 valence electrons. The Morgan fingerprint density at radius 3 is 2.62 bits per heavy atom. The van der Waals surface area contributed by atoms with Crippen LogP contribution in [0.15, 0.2) is 22.7 Å². The normalized spacial score (nSPS) is 13.1. The molecule has 0 N–H and O–H groups in total. The second-order valence-corrected chi connectivity index (χ2v) is 5.90. The van der Waals surface area contributed by atoms with Gasteiger partial charge in [0.05, 0.1) is 17.5 Å². The quantitative estimate of drug-likeness (QED) is 0.718. The number of carbonyl (C=O) groups is 1. The summed E-state index contributed by atoms with van der Waals surface area (Å²) in [4.78, 5) is 13.4. The van der Waals surface area contributed by atoms with Gasteiger partial charge in [0, 0.05) is 30.7 Å². The van der Waals surface area contributed by atoms with Gasteiger partial charge in [0.15, 0.2) is 0 Å². The van der Waals surface area contributed by atoms with E-state index in [4.69, 9.17) is 16.3 Å². The van der Waals surface area contributed by atoms with E-state index >= 15 is 0 Å². The summed E-state index contributed by atoms with van der Waals surface area (Å²) in [6.07, 6.45) is -4.53. The summed E-state index contributed by atoms with van der Waals surface area (Å²) >= 11 is 8.76. The number of rotatable bonds is 5. The van der Waals surface area contributed by atoms with E-state index in [1.54, 1.807) is 0 Å². The third-order valence-electron chi connectivity index (χ3n) is 2.68. The van der Waals surface area contributed by atoms with Gasteiger partial charge in [-0.05, 0) is 18.2 Å². The van der Waals surface area contributed by atoms with Gasteiger partial charge >= 0.3 is 6.18 Å². The molecule has 1 rings (SSSR count). The SMILES string of the molecule is COCC(Cl)CN(C)C(=O)c1ccc(Br)c(C(F)(F)F)c1. The Morgan fingerprint density at radius 2 is 2.10 bits per heavy atom. The Labute approximate surface area is 134 Å². The highest BCUT2D eigenvalue weighted by Gasteiger charge is 2.33. The van der Waals surface area contributed by atoms with Gasteiger partial charge in [-0.2, -0.15) is 13.2 Å². The number of methoxy groups -OCH3 is 1.